The van der Waals surface area contributed by atoms with Gasteiger partial charge in [0.25, 0.3) is 0 Å². The Balaban J connectivity index is 1.54. The summed E-state index contributed by atoms with van der Waals surface area (Å²) in [4.78, 5) is 18.9. The predicted molar refractivity (Wildman–Crippen MR) is 69.2 cm³/mol. The van der Waals surface area contributed by atoms with Crippen LogP contribution in [0.25, 0.3) is 11.0 Å². The third-order valence-electron chi connectivity index (χ3n) is 3.35. The van der Waals surface area contributed by atoms with Gasteiger partial charge in [0, 0.05) is 19.6 Å². The number of hydrogen-bond donors (Lipinski definition) is 3. The molecule has 5 nitrogen and oxygen atoms in total. The summed E-state index contributed by atoms with van der Waals surface area (Å²) in [6, 6.07) is 6.14. The van der Waals surface area contributed by atoms with Gasteiger partial charge in [-0.25, -0.2) is 4.98 Å². The van der Waals surface area contributed by atoms with Crippen LogP contribution in [-0.2, 0) is 11.2 Å². The van der Waals surface area contributed by atoms with Gasteiger partial charge in [0.05, 0.1) is 23.3 Å². The molecule has 18 heavy (non-hydrogen) atoms. The van der Waals surface area contributed by atoms with Gasteiger partial charge in [0.15, 0.2) is 0 Å². The van der Waals surface area contributed by atoms with Crippen molar-refractivity contribution in [2.45, 2.75) is 6.42 Å². The molecule has 3 rings (SSSR count). The van der Waals surface area contributed by atoms with E-state index in [1.807, 2.05) is 6.07 Å². The number of carbonyl (C=O) groups excluding carboxylic acids is 1. The molecule has 2 aromatic rings. The molecule has 1 aromatic heterocycles. The maximum Gasteiger partial charge on any atom is 0.225 e. The highest BCUT2D eigenvalue weighted by atomic mass is 16.2. The van der Waals surface area contributed by atoms with Crippen molar-refractivity contribution in [1.29, 1.82) is 0 Å². The second kappa shape index (κ2) is 4.78. The number of fused-ring (bicyclic) bond motifs is 1. The van der Waals surface area contributed by atoms with Crippen LogP contribution in [0.3, 0.4) is 0 Å². The number of imidazole rings is 1. The second-order valence-corrected chi connectivity index (χ2v) is 4.65. The van der Waals surface area contributed by atoms with Crippen LogP contribution >= 0.6 is 0 Å². The van der Waals surface area contributed by atoms with Crippen LogP contribution in [0.5, 0.6) is 0 Å². The number of nitrogens with one attached hydrogen (secondary N) is 3. The molecule has 1 fully saturated rings. The molecule has 1 saturated heterocycles. The van der Waals surface area contributed by atoms with E-state index in [0.717, 1.165) is 30.5 Å². The Hall–Kier alpha value is -1.88. The predicted octanol–water partition coefficient (Wildman–Crippen LogP) is 0.441. The maximum atomic E-state index is 11.6. The minimum absolute atomic E-state index is 0.163. The number of aromatic nitrogens is 2. The van der Waals surface area contributed by atoms with Gasteiger partial charge in [-0.3, -0.25) is 4.79 Å². The van der Waals surface area contributed by atoms with E-state index in [9.17, 15) is 4.79 Å². The van der Waals surface area contributed by atoms with E-state index >= 15 is 0 Å². The van der Waals surface area contributed by atoms with Crippen molar-refractivity contribution in [1.82, 2.24) is 20.6 Å². The molecule has 5 heteroatoms. The first-order valence-corrected chi connectivity index (χ1v) is 6.23. The van der Waals surface area contributed by atoms with Gasteiger partial charge < -0.3 is 15.6 Å². The van der Waals surface area contributed by atoms with Crippen molar-refractivity contribution in [2.24, 2.45) is 5.92 Å². The van der Waals surface area contributed by atoms with Gasteiger partial charge in [0.1, 0.15) is 0 Å². The molecule has 0 bridgehead atoms. The van der Waals surface area contributed by atoms with E-state index in [2.05, 4.69) is 32.7 Å². The normalized spacial score (nSPS) is 15.6. The fraction of sp³-hybridized carbons (Fsp3) is 0.385. The number of benzene rings is 1. The Morgan fingerprint density at radius 3 is 3.11 bits per heavy atom. The number of nitrogens with zero attached hydrogens (tertiary/aromatic N) is 1. The first-order valence-electron chi connectivity index (χ1n) is 6.23. The Morgan fingerprint density at radius 2 is 2.33 bits per heavy atom. The molecule has 94 valence electrons. The molecule has 0 atom stereocenters. The number of rotatable bonds is 4. The standard InChI is InChI=1S/C13H16N4O/c18-13(10-6-14-7-10)15-4-3-9-1-2-11-12(5-9)17-8-16-11/h1-2,5,8,10,14H,3-4,6-7H2,(H,15,18)(H,16,17). The molecule has 1 aliphatic heterocycles. The smallest absolute Gasteiger partial charge is 0.225 e. The van der Waals surface area contributed by atoms with Crippen molar-refractivity contribution in [2.75, 3.05) is 19.6 Å². The third kappa shape index (κ3) is 2.22. The fourth-order valence-electron chi connectivity index (χ4n) is 2.09. The third-order valence-corrected chi connectivity index (χ3v) is 3.35. The van der Waals surface area contributed by atoms with Crippen molar-refractivity contribution in [3.05, 3.63) is 30.1 Å². The maximum absolute atomic E-state index is 11.6. The zero-order valence-corrected chi connectivity index (χ0v) is 10.1. The summed E-state index contributed by atoms with van der Waals surface area (Å²) in [6.07, 6.45) is 2.54. The molecule has 0 aliphatic carbocycles. The van der Waals surface area contributed by atoms with Crippen LogP contribution in [0, 0.1) is 5.92 Å². The summed E-state index contributed by atoms with van der Waals surface area (Å²) in [5.41, 5.74) is 3.23. The SMILES string of the molecule is O=C(NCCc1ccc2nc[nH]c2c1)C1CNC1. The average molecular weight is 244 g/mol. The highest BCUT2D eigenvalue weighted by Gasteiger charge is 2.23. The molecule has 2 heterocycles. The molecule has 1 amide bonds. The van der Waals surface area contributed by atoms with Crippen LogP contribution in [0.1, 0.15) is 5.56 Å². The highest BCUT2D eigenvalue weighted by Crippen LogP contribution is 2.11. The number of carbonyl (C=O) groups is 1. The van der Waals surface area contributed by atoms with Gasteiger partial charge >= 0.3 is 0 Å². The largest absolute Gasteiger partial charge is 0.355 e. The molecule has 1 aromatic carbocycles. The lowest BCUT2D eigenvalue weighted by Crippen LogP contribution is -2.51. The lowest BCUT2D eigenvalue weighted by atomic mass is 10.0. The van der Waals surface area contributed by atoms with Crippen molar-refractivity contribution in [3.8, 4) is 0 Å². The van der Waals surface area contributed by atoms with E-state index in [1.54, 1.807) is 6.33 Å². The van der Waals surface area contributed by atoms with E-state index < -0.39 is 0 Å². The summed E-state index contributed by atoms with van der Waals surface area (Å²) in [7, 11) is 0. The van der Waals surface area contributed by atoms with Crippen LogP contribution in [-0.4, -0.2) is 35.5 Å². The quantitative estimate of drug-likeness (QED) is 0.731. The Bertz CT molecular complexity index is 559. The van der Waals surface area contributed by atoms with Crippen LogP contribution < -0.4 is 10.6 Å². The number of hydrogen-bond acceptors (Lipinski definition) is 3. The Labute approximate surface area is 105 Å². The minimum atomic E-state index is 0.163. The van der Waals surface area contributed by atoms with Crippen LogP contribution in [0.4, 0.5) is 0 Å². The summed E-state index contributed by atoms with van der Waals surface area (Å²) in [5, 5.41) is 6.07. The monoisotopic (exact) mass is 244 g/mol. The molecule has 0 saturated carbocycles. The van der Waals surface area contributed by atoms with Crippen LogP contribution in [0.15, 0.2) is 24.5 Å². The molecule has 0 unspecified atom stereocenters. The van der Waals surface area contributed by atoms with Gasteiger partial charge in [-0.1, -0.05) is 6.07 Å². The van der Waals surface area contributed by atoms with E-state index in [4.69, 9.17) is 0 Å². The zero-order chi connectivity index (χ0) is 12.4. The first-order chi connectivity index (χ1) is 8.83. The summed E-state index contributed by atoms with van der Waals surface area (Å²) >= 11 is 0. The Kier molecular flexibility index (Phi) is 2.98. The lowest BCUT2D eigenvalue weighted by Gasteiger charge is -2.25. The molecular formula is C13H16N4O. The number of amides is 1. The second-order valence-electron chi connectivity index (χ2n) is 4.65. The highest BCUT2D eigenvalue weighted by molar-refractivity contribution is 5.80. The first kappa shape index (κ1) is 11.2. The lowest BCUT2D eigenvalue weighted by molar-refractivity contribution is -0.126. The fourth-order valence-corrected chi connectivity index (χ4v) is 2.09. The van der Waals surface area contributed by atoms with Crippen LogP contribution in [0.2, 0.25) is 0 Å². The summed E-state index contributed by atoms with van der Waals surface area (Å²) in [5.74, 6) is 0.330. The van der Waals surface area contributed by atoms with E-state index in [0.29, 0.717) is 6.54 Å². The molecule has 0 radical (unpaired) electrons. The van der Waals surface area contributed by atoms with Gasteiger partial charge in [-0.2, -0.15) is 0 Å². The molecular weight excluding hydrogens is 228 g/mol. The topological polar surface area (TPSA) is 69.8 Å². The molecule has 3 N–H and O–H groups in total. The number of H-pyrrole nitrogens is 1. The summed E-state index contributed by atoms with van der Waals surface area (Å²) < 4.78 is 0. The van der Waals surface area contributed by atoms with E-state index in [1.165, 1.54) is 5.56 Å². The van der Waals surface area contributed by atoms with E-state index in [-0.39, 0.29) is 11.8 Å². The van der Waals surface area contributed by atoms with Gasteiger partial charge in [0.2, 0.25) is 5.91 Å². The Morgan fingerprint density at radius 1 is 1.44 bits per heavy atom. The average Bonchev–Trinajstić information content (AvgIpc) is 2.73. The number of aromatic amines is 1. The van der Waals surface area contributed by atoms with Crippen molar-refractivity contribution in [3.63, 3.8) is 0 Å². The van der Waals surface area contributed by atoms with Crippen molar-refractivity contribution < 1.29 is 4.79 Å². The minimum Gasteiger partial charge on any atom is -0.355 e. The van der Waals surface area contributed by atoms with Gasteiger partial charge in [-0.05, 0) is 24.1 Å². The summed E-state index contributed by atoms with van der Waals surface area (Å²) in [6.45, 7) is 2.31. The van der Waals surface area contributed by atoms with Gasteiger partial charge in [-0.15, -0.1) is 0 Å². The zero-order valence-electron chi connectivity index (χ0n) is 10.1. The van der Waals surface area contributed by atoms with Crippen molar-refractivity contribution >= 4 is 16.9 Å². The molecule has 1 aliphatic rings. The molecule has 0 spiro atoms.